The van der Waals surface area contributed by atoms with Gasteiger partial charge in [0.05, 0.1) is 11.4 Å². The van der Waals surface area contributed by atoms with Gasteiger partial charge in [-0.05, 0) is 30.9 Å². The minimum Gasteiger partial charge on any atom is -0.330 e. The predicted octanol–water partition coefficient (Wildman–Crippen LogP) is 3.45. The number of nitrogens with two attached hydrogens (primary N) is 1. The highest BCUT2D eigenvalue weighted by atomic mass is 32.1. The van der Waals surface area contributed by atoms with Crippen LogP contribution < -0.4 is 5.73 Å². The van der Waals surface area contributed by atoms with Gasteiger partial charge in [-0.2, -0.15) is 0 Å². The van der Waals surface area contributed by atoms with Crippen LogP contribution in [0.5, 0.6) is 0 Å². The van der Waals surface area contributed by atoms with Crippen molar-refractivity contribution in [3.05, 3.63) is 58.9 Å². The lowest BCUT2D eigenvalue weighted by molar-refractivity contribution is 0.311. The van der Waals surface area contributed by atoms with E-state index in [2.05, 4.69) is 51.2 Å². The van der Waals surface area contributed by atoms with Crippen LogP contribution in [0.1, 0.15) is 41.6 Å². The Balaban J connectivity index is 1.42. The summed E-state index contributed by atoms with van der Waals surface area (Å²) in [6.45, 7) is 3.92. The molecule has 3 heterocycles. The molecule has 1 aromatic carbocycles. The molecule has 1 saturated heterocycles. The fraction of sp³-hybridized carbons (Fsp3) is 0.450. The minimum atomic E-state index is 0.540. The predicted molar refractivity (Wildman–Crippen MR) is 102 cm³/mol. The summed E-state index contributed by atoms with van der Waals surface area (Å²) in [7, 11) is 0. The fourth-order valence-electron chi connectivity index (χ4n) is 4.31. The van der Waals surface area contributed by atoms with E-state index in [9.17, 15) is 0 Å². The number of fused-ring (bicyclic) bond motifs is 1. The van der Waals surface area contributed by atoms with E-state index < -0.39 is 0 Å². The largest absolute Gasteiger partial charge is 0.330 e. The van der Waals surface area contributed by atoms with Gasteiger partial charge in [0.2, 0.25) is 0 Å². The Labute approximate surface area is 152 Å². The number of rotatable bonds is 5. The normalized spacial score (nSPS) is 24.4. The first kappa shape index (κ1) is 15.6. The second-order valence-electron chi connectivity index (χ2n) is 7.48. The molecule has 1 aliphatic carbocycles. The smallest absolute Gasteiger partial charge is 0.194 e. The quantitative estimate of drug-likeness (QED) is 0.765. The van der Waals surface area contributed by atoms with Gasteiger partial charge in [-0.15, -0.1) is 11.3 Å². The molecule has 0 amide bonds. The zero-order valence-corrected chi connectivity index (χ0v) is 15.2. The zero-order valence-electron chi connectivity index (χ0n) is 14.3. The van der Waals surface area contributed by atoms with E-state index in [0.29, 0.717) is 17.8 Å². The van der Waals surface area contributed by atoms with Gasteiger partial charge in [0, 0.05) is 43.0 Å². The van der Waals surface area contributed by atoms with E-state index in [4.69, 9.17) is 10.7 Å². The first-order chi connectivity index (χ1) is 12.3. The van der Waals surface area contributed by atoms with Crippen LogP contribution in [0.15, 0.2) is 41.9 Å². The van der Waals surface area contributed by atoms with Crippen molar-refractivity contribution in [3.63, 3.8) is 0 Å². The van der Waals surface area contributed by atoms with E-state index in [1.165, 1.54) is 29.8 Å². The maximum atomic E-state index is 6.12. The van der Waals surface area contributed by atoms with Crippen LogP contribution in [0.2, 0.25) is 0 Å². The molecule has 0 bridgehead atoms. The molecule has 1 aliphatic heterocycles. The summed E-state index contributed by atoms with van der Waals surface area (Å²) >= 11 is 1.74. The number of likely N-dealkylation sites (tertiary alicyclic amines) is 1. The van der Waals surface area contributed by atoms with Crippen molar-refractivity contribution >= 4 is 16.3 Å². The first-order valence-electron chi connectivity index (χ1n) is 9.25. The molecule has 3 aromatic rings. The molecule has 2 aromatic heterocycles. The van der Waals surface area contributed by atoms with Crippen LogP contribution in [-0.4, -0.2) is 33.9 Å². The second kappa shape index (κ2) is 6.24. The summed E-state index contributed by atoms with van der Waals surface area (Å²) in [4.78, 5) is 8.65. The van der Waals surface area contributed by atoms with Crippen LogP contribution >= 0.6 is 11.3 Å². The molecular weight excluding hydrogens is 328 g/mol. The number of thiazole rings is 1. The van der Waals surface area contributed by atoms with Crippen molar-refractivity contribution in [2.45, 2.75) is 31.2 Å². The molecule has 5 heteroatoms. The molecule has 130 valence electrons. The Morgan fingerprint density at radius 2 is 2.00 bits per heavy atom. The molecule has 0 radical (unpaired) electrons. The number of hydrogen-bond donors (Lipinski definition) is 1. The maximum absolute atomic E-state index is 6.12. The van der Waals surface area contributed by atoms with Crippen molar-refractivity contribution in [2.75, 3.05) is 19.6 Å². The summed E-state index contributed by atoms with van der Waals surface area (Å²) in [5.74, 6) is 1.78. The lowest BCUT2D eigenvalue weighted by Crippen LogP contribution is -2.24. The second-order valence-corrected chi connectivity index (χ2v) is 8.35. The maximum Gasteiger partial charge on any atom is 0.194 e. The summed E-state index contributed by atoms with van der Waals surface area (Å²) in [5.41, 5.74) is 10.3. The van der Waals surface area contributed by atoms with Crippen LogP contribution in [0.3, 0.4) is 0 Å². The average Bonchev–Trinajstić information content (AvgIpc) is 3.11. The third-order valence-corrected chi connectivity index (χ3v) is 6.53. The van der Waals surface area contributed by atoms with Crippen LogP contribution in [0.25, 0.3) is 4.96 Å². The highest BCUT2D eigenvalue weighted by Crippen LogP contribution is 2.42. The topological polar surface area (TPSA) is 46.6 Å². The van der Waals surface area contributed by atoms with Crippen molar-refractivity contribution < 1.29 is 0 Å². The third kappa shape index (κ3) is 2.80. The lowest BCUT2D eigenvalue weighted by atomic mass is 9.89. The molecule has 5 rings (SSSR count). The SMILES string of the molecule is NC[C@@H]1CN(Cc2c(C3CC3)nc3sccn23)C[C@H]1c1ccccc1. The van der Waals surface area contributed by atoms with E-state index in [-0.39, 0.29) is 0 Å². The monoisotopic (exact) mass is 352 g/mol. The molecule has 2 atom stereocenters. The molecule has 2 aliphatic rings. The lowest BCUT2D eigenvalue weighted by Gasteiger charge is -2.17. The van der Waals surface area contributed by atoms with E-state index in [1.807, 2.05) is 0 Å². The Hall–Kier alpha value is -1.69. The minimum absolute atomic E-state index is 0.540. The Bertz CT molecular complexity index is 864. The number of imidazole rings is 1. The molecule has 2 fully saturated rings. The van der Waals surface area contributed by atoms with Gasteiger partial charge < -0.3 is 5.73 Å². The Kier molecular flexibility index (Phi) is 3.88. The molecular formula is C20H24N4S. The molecule has 1 saturated carbocycles. The molecule has 4 nitrogen and oxygen atoms in total. The highest BCUT2D eigenvalue weighted by Gasteiger charge is 2.35. The summed E-state index contributed by atoms with van der Waals surface area (Å²) in [6, 6.07) is 10.9. The van der Waals surface area contributed by atoms with Gasteiger partial charge in [-0.25, -0.2) is 4.98 Å². The number of hydrogen-bond acceptors (Lipinski definition) is 4. The van der Waals surface area contributed by atoms with Crippen LogP contribution in [0.4, 0.5) is 0 Å². The first-order valence-corrected chi connectivity index (χ1v) is 10.1. The van der Waals surface area contributed by atoms with Gasteiger partial charge in [0.25, 0.3) is 0 Å². The molecule has 0 unspecified atom stereocenters. The standard InChI is InChI=1S/C20H24N4S/c21-10-16-11-23(12-17(16)14-4-2-1-3-5-14)13-18-19(15-6-7-15)22-20-24(18)8-9-25-20/h1-5,8-9,15-17H,6-7,10-13,21H2/t16-,17+/m1/s1. The summed E-state index contributed by atoms with van der Waals surface area (Å²) in [6.07, 6.45) is 4.78. The van der Waals surface area contributed by atoms with E-state index in [0.717, 1.165) is 31.1 Å². The molecule has 2 N–H and O–H groups in total. The molecule has 25 heavy (non-hydrogen) atoms. The van der Waals surface area contributed by atoms with E-state index >= 15 is 0 Å². The van der Waals surface area contributed by atoms with Gasteiger partial charge >= 0.3 is 0 Å². The van der Waals surface area contributed by atoms with Gasteiger partial charge in [-0.3, -0.25) is 9.30 Å². The van der Waals surface area contributed by atoms with Crippen LogP contribution in [0, 0.1) is 5.92 Å². The van der Waals surface area contributed by atoms with Crippen molar-refractivity contribution in [2.24, 2.45) is 11.7 Å². The van der Waals surface area contributed by atoms with Crippen molar-refractivity contribution in [1.29, 1.82) is 0 Å². The summed E-state index contributed by atoms with van der Waals surface area (Å²) < 4.78 is 2.31. The van der Waals surface area contributed by atoms with Gasteiger partial charge in [0.1, 0.15) is 0 Å². The average molecular weight is 353 g/mol. The number of benzene rings is 1. The van der Waals surface area contributed by atoms with Crippen LogP contribution in [-0.2, 0) is 6.54 Å². The fourth-order valence-corrected chi connectivity index (χ4v) is 5.05. The van der Waals surface area contributed by atoms with E-state index in [1.54, 1.807) is 11.3 Å². The number of nitrogens with zero attached hydrogens (tertiary/aromatic N) is 3. The highest BCUT2D eigenvalue weighted by molar-refractivity contribution is 7.15. The van der Waals surface area contributed by atoms with Crippen molar-refractivity contribution in [3.8, 4) is 0 Å². The Morgan fingerprint density at radius 3 is 2.76 bits per heavy atom. The third-order valence-electron chi connectivity index (χ3n) is 5.78. The van der Waals surface area contributed by atoms with Gasteiger partial charge in [-0.1, -0.05) is 30.3 Å². The van der Waals surface area contributed by atoms with Gasteiger partial charge in [0.15, 0.2) is 4.96 Å². The summed E-state index contributed by atoms with van der Waals surface area (Å²) in [5, 5.41) is 2.14. The zero-order chi connectivity index (χ0) is 16.8. The molecule has 0 spiro atoms. The number of aromatic nitrogens is 2. The Morgan fingerprint density at radius 1 is 1.16 bits per heavy atom. The van der Waals surface area contributed by atoms with Crippen molar-refractivity contribution in [1.82, 2.24) is 14.3 Å².